The number of aromatic nitrogens is 2. The molecule has 4 bridgehead atoms. The average molecular weight is 637 g/mol. The number of rotatable bonds is 5. The number of carbonyl (C=O) groups excluding carboxylic acids is 2. The van der Waals surface area contributed by atoms with Crippen LogP contribution in [0.1, 0.15) is 81.1 Å². The molecular formula is C35H36N6O6. The summed E-state index contributed by atoms with van der Waals surface area (Å²) in [4.78, 5) is 36.6. The van der Waals surface area contributed by atoms with E-state index in [0.717, 1.165) is 22.4 Å². The molecule has 0 saturated heterocycles. The zero-order valence-electron chi connectivity index (χ0n) is 26.7. The lowest BCUT2D eigenvalue weighted by molar-refractivity contribution is -0.135. The van der Waals surface area contributed by atoms with E-state index in [9.17, 15) is 20.0 Å². The standard InChI is InChI=1S/C35H36N6O6/c1-17(2)12-24(42)30(44)38-23-14-18-10-11-25-21(13-18)35(20-8-6-7-9-22(20)39-33(35)46-25)28-26(31-37-19(15-36)16-45-31)40-32(47-28)27(34(3,4)5)41-29(23)43/h6-11,13,16-17,23-24,27,33,39,42H,12,14H2,1-5H3,(H,38,44)(H,41,43)/t23-,24-,27+,33+,35?/m0/s1. The maximum atomic E-state index is 14.1. The smallest absolute Gasteiger partial charge is 0.250 e. The van der Waals surface area contributed by atoms with Gasteiger partial charge < -0.3 is 34.6 Å². The largest absolute Gasteiger partial charge is 0.469 e. The molecule has 3 aliphatic rings. The number of aliphatic hydroxyl groups excluding tert-OH is 1. The van der Waals surface area contributed by atoms with Crippen molar-refractivity contribution in [3.63, 3.8) is 0 Å². The predicted molar refractivity (Wildman–Crippen MR) is 169 cm³/mol. The van der Waals surface area contributed by atoms with Crippen LogP contribution in [0.15, 0.2) is 57.6 Å². The number of hydrogen-bond acceptors (Lipinski definition) is 10. The molecule has 3 aliphatic heterocycles. The van der Waals surface area contributed by atoms with Crippen molar-refractivity contribution < 1.29 is 28.3 Å². The van der Waals surface area contributed by atoms with E-state index < -0.39 is 47.1 Å². The van der Waals surface area contributed by atoms with Crippen molar-refractivity contribution in [3.8, 4) is 23.4 Å². The van der Waals surface area contributed by atoms with Gasteiger partial charge in [-0.25, -0.2) is 4.98 Å². The van der Waals surface area contributed by atoms with E-state index in [1.165, 1.54) is 6.26 Å². The number of aliphatic hydroxyl groups is 1. The van der Waals surface area contributed by atoms with Crippen LogP contribution in [0.3, 0.4) is 0 Å². The topological polar surface area (TPSA) is 176 Å². The summed E-state index contributed by atoms with van der Waals surface area (Å²) in [5, 5.41) is 29.6. The number of nitriles is 1. The minimum atomic E-state index is -1.27. The van der Waals surface area contributed by atoms with Crippen LogP contribution in [0.25, 0.3) is 11.6 Å². The van der Waals surface area contributed by atoms with Crippen molar-refractivity contribution in [2.24, 2.45) is 11.3 Å². The number of para-hydroxylation sites is 1. The molecule has 0 fully saturated rings. The van der Waals surface area contributed by atoms with Gasteiger partial charge in [-0.1, -0.05) is 65.0 Å². The molecule has 2 aromatic carbocycles. The van der Waals surface area contributed by atoms with Gasteiger partial charge in [-0.05, 0) is 41.0 Å². The van der Waals surface area contributed by atoms with Crippen LogP contribution in [-0.4, -0.2) is 45.3 Å². The minimum Gasteiger partial charge on any atom is -0.469 e. The van der Waals surface area contributed by atoms with Crippen LogP contribution >= 0.6 is 0 Å². The number of benzene rings is 2. The molecule has 12 nitrogen and oxygen atoms in total. The van der Waals surface area contributed by atoms with Gasteiger partial charge >= 0.3 is 0 Å². The Hall–Kier alpha value is -5.15. The van der Waals surface area contributed by atoms with E-state index in [1.807, 2.05) is 83.2 Å². The highest BCUT2D eigenvalue weighted by Crippen LogP contribution is 2.59. The highest BCUT2D eigenvalue weighted by atomic mass is 16.5. The number of amides is 2. The predicted octanol–water partition coefficient (Wildman–Crippen LogP) is 4.33. The van der Waals surface area contributed by atoms with Crippen LogP contribution in [0.4, 0.5) is 5.69 Å². The summed E-state index contributed by atoms with van der Waals surface area (Å²) in [6.45, 7) is 9.66. The first-order valence-corrected chi connectivity index (χ1v) is 15.7. The Morgan fingerprint density at radius 1 is 1.17 bits per heavy atom. The molecule has 0 aliphatic carbocycles. The quantitative estimate of drug-likeness (QED) is 0.247. The lowest BCUT2D eigenvalue weighted by atomic mass is 9.72. The van der Waals surface area contributed by atoms with Crippen molar-refractivity contribution in [3.05, 3.63) is 82.8 Å². The number of nitrogens with zero attached hydrogens (tertiary/aromatic N) is 3. The van der Waals surface area contributed by atoms with E-state index in [0.29, 0.717) is 11.5 Å². The molecule has 12 heteroatoms. The fourth-order valence-corrected chi connectivity index (χ4v) is 6.82. The monoisotopic (exact) mass is 636 g/mol. The first kappa shape index (κ1) is 30.5. The van der Waals surface area contributed by atoms with E-state index >= 15 is 0 Å². The van der Waals surface area contributed by atoms with Gasteiger partial charge in [0.25, 0.3) is 0 Å². The van der Waals surface area contributed by atoms with Gasteiger partial charge in [-0.2, -0.15) is 10.2 Å². The summed E-state index contributed by atoms with van der Waals surface area (Å²) in [6, 6.07) is 13.7. The first-order valence-electron chi connectivity index (χ1n) is 15.7. The van der Waals surface area contributed by atoms with Gasteiger partial charge in [0.05, 0.1) is 0 Å². The third kappa shape index (κ3) is 4.93. The fraction of sp³-hybridized carbons (Fsp3) is 0.400. The summed E-state index contributed by atoms with van der Waals surface area (Å²) in [6.07, 6.45) is -0.234. The van der Waals surface area contributed by atoms with Gasteiger partial charge in [0.15, 0.2) is 23.4 Å². The van der Waals surface area contributed by atoms with Crippen molar-refractivity contribution >= 4 is 17.5 Å². The zero-order chi connectivity index (χ0) is 33.2. The summed E-state index contributed by atoms with van der Waals surface area (Å²) in [5.74, 6) is 0.283. The molecule has 2 aromatic heterocycles. The molecule has 7 rings (SSSR count). The number of fused-ring (bicyclic) bond motifs is 4. The van der Waals surface area contributed by atoms with Crippen LogP contribution in [-0.2, 0) is 21.4 Å². The van der Waals surface area contributed by atoms with E-state index in [1.54, 1.807) is 0 Å². The summed E-state index contributed by atoms with van der Waals surface area (Å²) in [7, 11) is 0. The Balaban J connectivity index is 1.47. The maximum Gasteiger partial charge on any atom is 0.250 e. The molecule has 0 radical (unpaired) electrons. The summed E-state index contributed by atoms with van der Waals surface area (Å²) >= 11 is 0. The molecule has 4 N–H and O–H groups in total. The second kappa shape index (κ2) is 11.0. The molecule has 242 valence electrons. The van der Waals surface area contributed by atoms with Crippen LogP contribution in [0.5, 0.6) is 5.75 Å². The van der Waals surface area contributed by atoms with Crippen molar-refractivity contribution in [2.45, 2.75) is 77.3 Å². The SMILES string of the molecule is CC(C)C[C@H](O)C(=O)N[C@H]1Cc2ccc3c(c2)C2(c4ccccc4N[C@@H]2O3)c2oc(nc2-c2nc(C#N)co2)[C@H](C(C)(C)C)NC1=O. The summed E-state index contributed by atoms with van der Waals surface area (Å²) < 4.78 is 19.2. The van der Waals surface area contributed by atoms with E-state index in [-0.39, 0.29) is 41.9 Å². The molecular weight excluding hydrogens is 600 g/mol. The van der Waals surface area contributed by atoms with Gasteiger partial charge in [0.2, 0.25) is 23.6 Å². The molecule has 1 spiro atoms. The Labute approximate surface area is 271 Å². The molecule has 4 aromatic rings. The van der Waals surface area contributed by atoms with Crippen LogP contribution < -0.4 is 20.7 Å². The molecule has 0 saturated carbocycles. The van der Waals surface area contributed by atoms with Crippen LogP contribution in [0, 0.1) is 22.7 Å². The molecule has 2 amide bonds. The van der Waals surface area contributed by atoms with Crippen LogP contribution in [0.2, 0.25) is 0 Å². The Bertz CT molecular complexity index is 1930. The van der Waals surface area contributed by atoms with Crippen molar-refractivity contribution in [2.75, 3.05) is 5.32 Å². The average Bonchev–Trinajstić information content (AvgIpc) is 3.79. The normalized spacial score (nSPS) is 23.3. The number of hydrogen-bond donors (Lipinski definition) is 4. The first-order chi connectivity index (χ1) is 22.4. The molecule has 47 heavy (non-hydrogen) atoms. The minimum absolute atomic E-state index is 0.0798. The third-order valence-corrected chi connectivity index (χ3v) is 9.04. The molecule has 1 unspecified atom stereocenters. The van der Waals surface area contributed by atoms with Gasteiger partial charge in [0, 0.05) is 17.7 Å². The maximum absolute atomic E-state index is 14.1. The van der Waals surface area contributed by atoms with Crippen molar-refractivity contribution in [1.82, 2.24) is 20.6 Å². The number of nitrogens with one attached hydrogen (secondary N) is 3. The fourth-order valence-electron chi connectivity index (χ4n) is 6.82. The Morgan fingerprint density at radius 3 is 2.68 bits per heavy atom. The Kier molecular flexibility index (Phi) is 7.13. The number of ether oxygens (including phenoxy) is 1. The molecule has 5 atom stereocenters. The second-order valence-corrected chi connectivity index (χ2v) is 13.9. The highest BCUT2D eigenvalue weighted by molar-refractivity contribution is 5.90. The lowest BCUT2D eigenvalue weighted by Gasteiger charge is -2.32. The Morgan fingerprint density at radius 2 is 1.96 bits per heavy atom. The number of anilines is 1. The zero-order valence-corrected chi connectivity index (χ0v) is 26.7. The second-order valence-electron chi connectivity index (χ2n) is 13.9. The third-order valence-electron chi connectivity index (χ3n) is 9.04. The number of carbonyl (C=O) groups is 2. The highest BCUT2D eigenvalue weighted by Gasteiger charge is 2.61. The summed E-state index contributed by atoms with van der Waals surface area (Å²) in [5.41, 5.74) is 1.92. The van der Waals surface area contributed by atoms with E-state index in [2.05, 4.69) is 20.9 Å². The van der Waals surface area contributed by atoms with E-state index in [4.69, 9.17) is 18.6 Å². The lowest BCUT2D eigenvalue weighted by Crippen LogP contribution is -2.52. The van der Waals surface area contributed by atoms with Gasteiger partial charge in [-0.15, -0.1) is 0 Å². The number of oxazole rings is 2. The molecule has 5 heterocycles. The van der Waals surface area contributed by atoms with Gasteiger partial charge in [-0.3, -0.25) is 9.59 Å². The van der Waals surface area contributed by atoms with Gasteiger partial charge in [0.1, 0.15) is 41.7 Å². The van der Waals surface area contributed by atoms with Crippen molar-refractivity contribution in [1.29, 1.82) is 5.26 Å².